The normalized spacial score (nSPS) is 12.9. The maximum atomic E-state index is 12.1. The molecule has 0 aliphatic rings. The molecule has 2 aromatic heterocycles. The molecule has 0 saturated heterocycles. The van der Waals surface area contributed by atoms with Crippen LogP contribution in [0, 0.1) is 6.92 Å². The molecule has 0 fully saturated rings. The third-order valence-corrected chi connectivity index (χ3v) is 3.22. The van der Waals surface area contributed by atoms with Crippen molar-refractivity contribution in [1.82, 2.24) is 19.9 Å². The molecule has 0 unspecified atom stereocenters. The second-order valence-electron chi connectivity index (χ2n) is 5.15. The van der Waals surface area contributed by atoms with E-state index < -0.39 is 24.8 Å². The highest BCUT2D eigenvalue weighted by Crippen LogP contribution is 2.15. The van der Waals surface area contributed by atoms with E-state index in [2.05, 4.69) is 20.0 Å². The predicted molar refractivity (Wildman–Crippen MR) is 79.4 cm³/mol. The number of nitrogens with one attached hydrogen (secondary N) is 1. The molecule has 1 N–H and O–H groups in total. The second kappa shape index (κ2) is 7.43. The molecule has 130 valence electrons. The van der Waals surface area contributed by atoms with Crippen LogP contribution < -0.4 is 5.32 Å². The number of ether oxygens (including phenoxy) is 1. The number of amides is 1. The number of nitrogens with zero attached hydrogens (tertiary/aromatic N) is 3. The van der Waals surface area contributed by atoms with Crippen molar-refractivity contribution in [3.8, 4) is 5.82 Å². The lowest BCUT2D eigenvalue weighted by Crippen LogP contribution is -2.36. The first kappa shape index (κ1) is 17.9. The number of hydrogen-bond donors (Lipinski definition) is 1. The monoisotopic (exact) mass is 342 g/mol. The molecule has 0 saturated carbocycles. The van der Waals surface area contributed by atoms with Gasteiger partial charge in [-0.3, -0.25) is 9.36 Å². The van der Waals surface area contributed by atoms with E-state index in [9.17, 15) is 18.0 Å². The standard InChI is InChI=1S/C15H17F3N4O2/c1-10(24-9-15(16,17)18)14(23)21-8-12-3-4-20-13(7-12)22-6-5-19-11(22)2/h3-7,10H,8-9H2,1-2H3,(H,21,23)/t10-/m1/s1. The summed E-state index contributed by atoms with van der Waals surface area (Å²) < 4.78 is 42.5. The molecule has 0 aliphatic heterocycles. The van der Waals surface area contributed by atoms with Crippen LogP contribution in [0.4, 0.5) is 13.2 Å². The largest absolute Gasteiger partial charge is 0.411 e. The van der Waals surface area contributed by atoms with E-state index in [4.69, 9.17) is 0 Å². The molecule has 6 nitrogen and oxygen atoms in total. The van der Waals surface area contributed by atoms with Crippen LogP contribution in [-0.2, 0) is 16.1 Å². The predicted octanol–water partition coefficient (Wildman–Crippen LogP) is 2.16. The van der Waals surface area contributed by atoms with Crippen LogP contribution in [0.5, 0.6) is 0 Å². The molecule has 2 heterocycles. The first-order valence-electron chi connectivity index (χ1n) is 7.17. The number of alkyl halides is 3. The van der Waals surface area contributed by atoms with E-state index in [1.807, 2.05) is 6.92 Å². The lowest BCUT2D eigenvalue weighted by molar-refractivity contribution is -0.185. The van der Waals surface area contributed by atoms with Crippen LogP contribution in [-0.4, -0.2) is 39.3 Å². The Morgan fingerprint density at radius 2 is 2.12 bits per heavy atom. The molecule has 0 radical (unpaired) electrons. The summed E-state index contributed by atoms with van der Waals surface area (Å²) in [5.41, 5.74) is 0.754. The molecule has 24 heavy (non-hydrogen) atoms. The van der Waals surface area contributed by atoms with E-state index in [1.54, 1.807) is 35.3 Å². The molecule has 9 heteroatoms. The van der Waals surface area contributed by atoms with Gasteiger partial charge in [-0.05, 0) is 31.5 Å². The van der Waals surface area contributed by atoms with Gasteiger partial charge in [-0.1, -0.05) is 0 Å². The van der Waals surface area contributed by atoms with E-state index in [1.165, 1.54) is 6.92 Å². The third-order valence-electron chi connectivity index (χ3n) is 3.22. The molecule has 0 aliphatic carbocycles. The van der Waals surface area contributed by atoms with Crippen LogP contribution in [0.3, 0.4) is 0 Å². The number of aryl methyl sites for hydroxylation is 1. The van der Waals surface area contributed by atoms with Crippen LogP contribution in [0.15, 0.2) is 30.7 Å². The Labute approximate surface area is 136 Å². The molecule has 2 aromatic rings. The van der Waals surface area contributed by atoms with Crippen LogP contribution >= 0.6 is 0 Å². The Balaban J connectivity index is 1.92. The topological polar surface area (TPSA) is 69.0 Å². The number of halogens is 3. The summed E-state index contributed by atoms with van der Waals surface area (Å²) in [4.78, 5) is 20.1. The van der Waals surface area contributed by atoms with Gasteiger partial charge in [0, 0.05) is 25.1 Å². The van der Waals surface area contributed by atoms with Crippen LogP contribution in [0.1, 0.15) is 18.3 Å². The van der Waals surface area contributed by atoms with Crippen molar-refractivity contribution < 1.29 is 22.7 Å². The van der Waals surface area contributed by atoms with Crippen molar-refractivity contribution >= 4 is 5.91 Å². The van der Waals surface area contributed by atoms with Crippen molar-refractivity contribution in [2.24, 2.45) is 0 Å². The van der Waals surface area contributed by atoms with E-state index in [0.29, 0.717) is 5.82 Å². The van der Waals surface area contributed by atoms with Gasteiger partial charge >= 0.3 is 6.18 Å². The summed E-state index contributed by atoms with van der Waals surface area (Å²) in [5.74, 6) is 0.785. The number of hydrogen-bond acceptors (Lipinski definition) is 4. The van der Waals surface area contributed by atoms with Crippen LogP contribution in [0.25, 0.3) is 5.82 Å². The van der Waals surface area contributed by atoms with Crippen molar-refractivity contribution in [3.05, 3.63) is 42.1 Å². The molecular formula is C15H17F3N4O2. The van der Waals surface area contributed by atoms with Gasteiger partial charge < -0.3 is 10.1 Å². The Hall–Kier alpha value is -2.42. The summed E-state index contributed by atoms with van der Waals surface area (Å²) >= 11 is 0. The molecule has 2 rings (SSSR count). The molecule has 0 bridgehead atoms. The zero-order valence-electron chi connectivity index (χ0n) is 13.2. The molecule has 1 atom stereocenters. The van der Waals surface area contributed by atoms with Gasteiger partial charge in [-0.2, -0.15) is 13.2 Å². The zero-order chi connectivity index (χ0) is 17.7. The number of pyridine rings is 1. The van der Waals surface area contributed by atoms with Gasteiger partial charge in [-0.25, -0.2) is 9.97 Å². The lowest BCUT2D eigenvalue weighted by Gasteiger charge is -2.15. The average Bonchev–Trinajstić information content (AvgIpc) is 2.96. The van der Waals surface area contributed by atoms with E-state index in [0.717, 1.165) is 11.4 Å². The van der Waals surface area contributed by atoms with Gasteiger partial charge in [0.25, 0.3) is 0 Å². The SMILES string of the molecule is Cc1nccn1-c1cc(CNC(=O)[C@@H](C)OCC(F)(F)F)ccn1. The van der Waals surface area contributed by atoms with Gasteiger partial charge in [0.1, 0.15) is 24.4 Å². The van der Waals surface area contributed by atoms with Gasteiger partial charge in [0.2, 0.25) is 5.91 Å². The van der Waals surface area contributed by atoms with Gasteiger partial charge in [0.05, 0.1) is 0 Å². The third kappa shape index (κ3) is 5.05. The lowest BCUT2D eigenvalue weighted by atomic mass is 10.2. The summed E-state index contributed by atoms with van der Waals surface area (Å²) in [6, 6.07) is 3.47. The highest BCUT2D eigenvalue weighted by Gasteiger charge is 2.29. The first-order valence-corrected chi connectivity index (χ1v) is 7.17. The quantitative estimate of drug-likeness (QED) is 0.873. The fourth-order valence-corrected chi connectivity index (χ4v) is 1.95. The Morgan fingerprint density at radius 1 is 1.38 bits per heavy atom. The Bertz CT molecular complexity index is 700. The Kier molecular flexibility index (Phi) is 5.55. The second-order valence-corrected chi connectivity index (χ2v) is 5.15. The molecule has 1 amide bonds. The van der Waals surface area contributed by atoms with Crippen molar-refractivity contribution in [1.29, 1.82) is 0 Å². The summed E-state index contributed by atoms with van der Waals surface area (Å²) in [6.45, 7) is 1.80. The molecule has 0 aromatic carbocycles. The van der Waals surface area contributed by atoms with E-state index >= 15 is 0 Å². The van der Waals surface area contributed by atoms with E-state index in [-0.39, 0.29) is 6.54 Å². The van der Waals surface area contributed by atoms with Crippen molar-refractivity contribution in [2.45, 2.75) is 32.7 Å². The minimum absolute atomic E-state index is 0.155. The average molecular weight is 342 g/mol. The minimum Gasteiger partial charge on any atom is -0.359 e. The summed E-state index contributed by atoms with van der Waals surface area (Å²) in [7, 11) is 0. The number of aromatic nitrogens is 3. The fourth-order valence-electron chi connectivity index (χ4n) is 1.95. The maximum absolute atomic E-state index is 12.1. The Morgan fingerprint density at radius 3 is 2.75 bits per heavy atom. The van der Waals surface area contributed by atoms with Gasteiger partial charge in [0.15, 0.2) is 0 Å². The number of carbonyl (C=O) groups excluding carboxylic acids is 1. The smallest absolute Gasteiger partial charge is 0.359 e. The fraction of sp³-hybridized carbons (Fsp3) is 0.400. The first-order chi connectivity index (χ1) is 11.3. The number of carbonyl (C=O) groups is 1. The van der Waals surface area contributed by atoms with Gasteiger partial charge in [-0.15, -0.1) is 0 Å². The zero-order valence-corrected chi connectivity index (χ0v) is 13.2. The summed E-state index contributed by atoms with van der Waals surface area (Å²) in [6.07, 6.45) is -0.668. The highest BCUT2D eigenvalue weighted by molar-refractivity contribution is 5.80. The van der Waals surface area contributed by atoms with Crippen LogP contribution in [0.2, 0.25) is 0 Å². The highest BCUT2D eigenvalue weighted by atomic mass is 19.4. The molecule has 0 spiro atoms. The summed E-state index contributed by atoms with van der Waals surface area (Å²) in [5, 5.41) is 2.54. The van der Waals surface area contributed by atoms with Crippen molar-refractivity contribution in [3.63, 3.8) is 0 Å². The van der Waals surface area contributed by atoms with Crippen molar-refractivity contribution in [2.75, 3.05) is 6.61 Å². The number of rotatable bonds is 6. The molecular weight excluding hydrogens is 325 g/mol. The maximum Gasteiger partial charge on any atom is 0.411 e. The number of imidazole rings is 1. The minimum atomic E-state index is -4.46.